The van der Waals surface area contributed by atoms with Crippen LogP contribution in [-0.2, 0) is 0 Å². The van der Waals surface area contributed by atoms with E-state index in [9.17, 15) is 9.90 Å². The first-order chi connectivity index (χ1) is 15.5. The fraction of sp³-hybridized carbons (Fsp3) is 0.0833. The first kappa shape index (κ1) is 21.2. The third-order valence-corrected chi connectivity index (χ3v) is 5.29. The zero-order valence-corrected chi connectivity index (χ0v) is 18.3. The summed E-state index contributed by atoms with van der Waals surface area (Å²) in [5.74, 6) is 0.265. The quantitative estimate of drug-likeness (QED) is 0.312. The summed E-state index contributed by atoms with van der Waals surface area (Å²) in [5.41, 5.74) is 1.76. The molecule has 0 saturated heterocycles. The largest absolute Gasteiger partial charge is 0.497 e. The third-order valence-electron chi connectivity index (χ3n) is 4.92. The number of rotatable bonds is 5. The molecule has 0 aliphatic carbocycles. The molecule has 0 aliphatic rings. The molecule has 0 saturated carbocycles. The third kappa shape index (κ3) is 3.95. The molecular weight excluding hydrogens is 424 g/mol. The summed E-state index contributed by atoms with van der Waals surface area (Å²) in [7, 11) is 1.56. The molecular formula is C24H20N4O3S. The van der Waals surface area contributed by atoms with Crippen molar-refractivity contribution in [2.45, 2.75) is 6.92 Å². The van der Waals surface area contributed by atoms with Crippen molar-refractivity contribution in [1.29, 1.82) is 0 Å². The number of azo groups is 1. The summed E-state index contributed by atoms with van der Waals surface area (Å²) in [4.78, 5) is 13.4. The zero-order chi connectivity index (χ0) is 22.7. The van der Waals surface area contributed by atoms with Crippen LogP contribution in [0.3, 0.4) is 0 Å². The lowest BCUT2D eigenvalue weighted by molar-refractivity contribution is 0.414. The van der Waals surface area contributed by atoms with Gasteiger partial charge in [0.15, 0.2) is 4.77 Å². The second-order valence-electron chi connectivity index (χ2n) is 6.95. The van der Waals surface area contributed by atoms with Crippen LogP contribution in [0.25, 0.3) is 11.4 Å². The normalized spacial score (nSPS) is 11.1. The number of hydrogen-bond donors (Lipinski definition) is 1. The van der Waals surface area contributed by atoms with E-state index < -0.39 is 5.56 Å². The summed E-state index contributed by atoms with van der Waals surface area (Å²) < 4.78 is 8.06. The predicted octanol–water partition coefficient (Wildman–Crippen LogP) is 5.80. The van der Waals surface area contributed by atoms with Gasteiger partial charge in [-0.1, -0.05) is 36.4 Å². The minimum absolute atomic E-state index is 0.102. The van der Waals surface area contributed by atoms with Crippen molar-refractivity contribution in [3.63, 3.8) is 0 Å². The molecule has 0 unspecified atom stereocenters. The maximum Gasteiger partial charge on any atom is 0.290 e. The minimum Gasteiger partial charge on any atom is -0.497 e. The number of hydrogen-bond acceptors (Lipinski definition) is 6. The lowest BCUT2D eigenvalue weighted by atomic mass is 10.2. The van der Waals surface area contributed by atoms with Gasteiger partial charge in [0.25, 0.3) is 5.56 Å². The van der Waals surface area contributed by atoms with Gasteiger partial charge in [0.2, 0.25) is 11.6 Å². The second-order valence-corrected chi connectivity index (χ2v) is 7.32. The van der Waals surface area contributed by atoms with Crippen LogP contribution in [0.2, 0.25) is 0 Å². The van der Waals surface area contributed by atoms with Gasteiger partial charge in [0, 0.05) is 0 Å². The van der Waals surface area contributed by atoms with Crippen molar-refractivity contribution in [2.75, 3.05) is 7.11 Å². The van der Waals surface area contributed by atoms with Gasteiger partial charge in [-0.2, -0.15) is 5.11 Å². The van der Waals surface area contributed by atoms with Gasteiger partial charge >= 0.3 is 0 Å². The van der Waals surface area contributed by atoms with Crippen molar-refractivity contribution >= 4 is 23.6 Å². The van der Waals surface area contributed by atoms with Crippen LogP contribution in [0.4, 0.5) is 11.4 Å². The van der Waals surface area contributed by atoms with Crippen molar-refractivity contribution in [3.8, 4) is 23.0 Å². The molecule has 0 amide bonds. The standard InChI is InChI=1S/C24H20N4O3S/c1-16-8-6-7-11-20(16)28-23(30)21(26-25-17-9-4-3-5-10-17)22(29)27(24(28)32)18-12-14-19(31-2)15-13-18/h3-15,30H,1-2H3. The van der Waals surface area contributed by atoms with E-state index in [4.69, 9.17) is 17.0 Å². The number of aromatic hydroxyl groups is 1. The van der Waals surface area contributed by atoms with Crippen molar-refractivity contribution in [2.24, 2.45) is 10.2 Å². The molecule has 160 valence electrons. The molecule has 3 aromatic carbocycles. The highest BCUT2D eigenvalue weighted by Crippen LogP contribution is 2.30. The van der Waals surface area contributed by atoms with Crippen LogP contribution in [0, 0.1) is 11.7 Å². The predicted molar refractivity (Wildman–Crippen MR) is 126 cm³/mol. The number of nitrogens with zero attached hydrogens (tertiary/aromatic N) is 4. The van der Waals surface area contributed by atoms with E-state index in [2.05, 4.69) is 10.2 Å². The Morgan fingerprint density at radius 3 is 2.19 bits per heavy atom. The van der Waals surface area contributed by atoms with Gasteiger partial charge in [-0.25, -0.2) is 0 Å². The van der Waals surface area contributed by atoms with E-state index in [1.54, 1.807) is 43.5 Å². The van der Waals surface area contributed by atoms with E-state index in [1.807, 2.05) is 49.4 Å². The van der Waals surface area contributed by atoms with Gasteiger partial charge in [0.1, 0.15) is 5.75 Å². The Morgan fingerprint density at radius 2 is 1.53 bits per heavy atom. The number of ether oxygens (including phenoxy) is 1. The molecule has 0 atom stereocenters. The molecule has 0 fully saturated rings. The number of benzene rings is 3. The van der Waals surface area contributed by atoms with Crippen LogP contribution >= 0.6 is 12.2 Å². The average molecular weight is 445 g/mol. The Hall–Kier alpha value is -4.04. The van der Waals surface area contributed by atoms with Crippen molar-refractivity contribution in [3.05, 3.63) is 99.6 Å². The Kier molecular flexibility index (Phi) is 5.96. The summed E-state index contributed by atoms with van der Waals surface area (Å²) in [6, 6.07) is 23.3. The molecule has 1 N–H and O–H groups in total. The smallest absolute Gasteiger partial charge is 0.290 e. The highest BCUT2D eigenvalue weighted by molar-refractivity contribution is 7.71. The van der Waals surface area contributed by atoms with E-state index >= 15 is 0 Å². The number of para-hydroxylation sites is 1. The molecule has 4 rings (SSSR count). The van der Waals surface area contributed by atoms with Gasteiger partial charge in [0.05, 0.1) is 24.2 Å². The lowest BCUT2D eigenvalue weighted by Gasteiger charge is -2.17. The number of aromatic nitrogens is 2. The molecule has 8 heteroatoms. The Balaban J connectivity index is 2.02. The highest BCUT2D eigenvalue weighted by atomic mass is 32.1. The van der Waals surface area contributed by atoms with Crippen LogP contribution in [0.1, 0.15) is 5.56 Å². The second kappa shape index (κ2) is 8.99. The van der Waals surface area contributed by atoms with Crippen LogP contribution < -0.4 is 10.3 Å². The summed E-state index contributed by atoms with van der Waals surface area (Å²) in [6.45, 7) is 1.89. The fourth-order valence-electron chi connectivity index (χ4n) is 3.27. The van der Waals surface area contributed by atoms with E-state index in [0.29, 0.717) is 22.8 Å². The molecule has 0 radical (unpaired) electrons. The molecule has 7 nitrogen and oxygen atoms in total. The summed E-state index contributed by atoms with van der Waals surface area (Å²) in [5, 5.41) is 19.3. The molecule has 1 heterocycles. The topological polar surface area (TPSA) is 81.1 Å². The van der Waals surface area contributed by atoms with Crippen molar-refractivity contribution in [1.82, 2.24) is 9.13 Å². The van der Waals surface area contributed by atoms with Gasteiger partial charge in [-0.15, -0.1) is 5.11 Å². The molecule has 0 aliphatic heterocycles. The van der Waals surface area contributed by atoms with Crippen molar-refractivity contribution < 1.29 is 9.84 Å². The Labute approximate surface area is 189 Å². The maximum atomic E-state index is 13.4. The first-order valence-corrected chi connectivity index (χ1v) is 10.2. The fourth-order valence-corrected chi connectivity index (χ4v) is 3.64. The summed E-state index contributed by atoms with van der Waals surface area (Å²) >= 11 is 5.65. The Morgan fingerprint density at radius 1 is 0.875 bits per heavy atom. The minimum atomic E-state index is -0.581. The summed E-state index contributed by atoms with van der Waals surface area (Å²) in [6.07, 6.45) is 0. The molecule has 4 aromatic rings. The van der Waals surface area contributed by atoms with E-state index in [-0.39, 0.29) is 16.3 Å². The van der Waals surface area contributed by atoms with Crippen LogP contribution in [-0.4, -0.2) is 21.4 Å². The lowest BCUT2D eigenvalue weighted by Crippen LogP contribution is -2.23. The van der Waals surface area contributed by atoms with Gasteiger partial charge < -0.3 is 9.84 Å². The van der Waals surface area contributed by atoms with Gasteiger partial charge in [-0.05, 0) is 67.2 Å². The van der Waals surface area contributed by atoms with Gasteiger partial charge in [-0.3, -0.25) is 13.9 Å². The van der Waals surface area contributed by atoms with E-state index in [1.165, 1.54) is 9.13 Å². The van der Waals surface area contributed by atoms with Crippen LogP contribution in [0.15, 0.2) is 93.9 Å². The van der Waals surface area contributed by atoms with E-state index in [0.717, 1.165) is 5.56 Å². The molecule has 0 bridgehead atoms. The average Bonchev–Trinajstić information content (AvgIpc) is 2.81. The highest BCUT2D eigenvalue weighted by Gasteiger charge is 2.20. The number of aryl methyl sites for hydroxylation is 1. The number of methoxy groups -OCH3 is 1. The SMILES string of the molecule is COc1ccc(-n2c(=O)c(N=Nc3ccccc3)c(O)n(-c3ccccc3C)c2=S)cc1. The molecule has 1 aromatic heterocycles. The monoisotopic (exact) mass is 444 g/mol. The zero-order valence-electron chi connectivity index (χ0n) is 17.5. The van der Waals surface area contributed by atoms with Crippen LogP contribution in [0.5, 0.6) is 11.6 Å². The maximum absolute atomic E-state index is 13.4. The molecule has 0 spiro atoms. The Bertz CT molecular complexity index is 1410. The first-order valence-electron chi connectivity index (χ1n) is 9.79. The molecule has 32 heavy (non-hydrogen) atoms.